The van der Waals surface area contributed by atoms with Crippen LogP contribution in [0.1, 0.15) is 19.3 Å². The van der Waals surface area contributed by atoms with Crippen LogP contribution in [0.25, 0.3) is 0 Å². The number of nitrogens with one attached hydrogen (secondary N) is 2. The van der Waals surface area contributed by atoms with Crippen LogP contribution in [0.2, 0.25) is 0 Å². The molecule has 1 rings (SSSR count). The first-order valence-electron chi connectivity index (χ1n) is 4.74. The van der Waals surface area contributed by atoms with Crippen LogP contribution in [0, 0.1) is 0 Å². The van der Waals surface area contributed by atoms with E-state index in [1.807, 2.05) is 7.05 Å². The Balaban J connectivity index is 2.36. The molecule has 0 atom stereocenters. The van der Waals surface area contributed by atoms with Crippen molar-refractivity contribution in [3.8, 4) is 0 Å². The average molecular weight is 201 g/mol. The summed E-state index contributed by atoms with van der Waals surface area (Å²) in [6.45, 7) is 0.958. The molecular weight excluding hydrogens is 182 g/mol. The third-order valence-electron chi connectivity index (χ3n) is 3.04. The van der Waals surface area contributed by atoms with Crippen molar-refractivity contribution in [2.45, 2.75) is 24.8 Å². The van der Waals surface area contributed by atoms with Crippen molar-refractivity contribution in [2.75, 3.05) is 27.7 Å². The monoisotopic (exact) mass is 201 g/mol. The lowest BCUT2D eigenvalue weighted by atomic mass is 9.75. The molecule has 76 valence electrons. The average Bonchev–Trinajstić information content (AvgIpc) is 2.01. The molecule has 0 amide bonds. The molecule has 13 heavy (non-hydrogen) atoms. The van der Waals surface area contributed by atoms with Gasteiger partial charge in [0.05, 0.1) is 0 Å². The van der Waals surface area contributed by atoms with E-state index in [0.29, 0.717) is 5.54 Å². The van der Waals surface area contributed by atoms with Crippen molar-refractivity contribution in [1.82, 2.24) is 15.5 Å². The Hall–Kier alpha value is -0.350. The minimum absolute atomic E-state index is 0.348. The Kier molecular flexibility index (Phi) is 3.50. The van der Waals surface area contributed by atoms with Gasteiger partial charge in [-0.05, 0) is 45.6 Å². The largest absolute Gasteiger partial charge is 0.366 e. The summed E-state index contributed by atoms with van der Waals surface area (Å²) in [4.78, 5) is 2.31. The van der Waals surface area contributed by atoms with Crippen LogP contribution in [0.3, 0.4) is 0 Å². The molecule has 3 nitrogen and oxygen atoms in total. The molecule has 0 bridgehead atoms. The van der Waals surface area contributed by atoms with Gasteiger partial charge in [-0.2, -0.15) is 0 Å². The fraction of sp³-hybridized carbons (Fsp3) is 0.889. The number of likely N-dealkylation sites (N-methyl/N-ethyl adjacent to an activating group) is 1. The lowest BCUT2D eigenvalue weighted by molar-refractivity contribution is 0.0648. The van der Waals surface area contributed by atoms with Crippen LogP contribution in [0.15, 0.2) is 0 Å². The fourth-order valence-electron chi connectivity index (χ4n) is 1.70. The SMILES string of the molecule is CNC(=S)NCC1(N(C)C)CCC1. The van der Waals surface area contributed by atoms with E-state index in [9.17, 15) is 0 Å². The van der Waals surface area contributed by atoms with Crippen LogP contribution < -0.4 is 10.6 Å². The van der Waals surface area contributed by atoms with Crippen molar-refractivity contribution in [1.29, 1.82) is 0 Å². The first kappa shape index (κ1) is 10.7. The van der Waals surface area contributed by atoms with Gasteiger partial charge in [0.25, 0.3) is 0 Å². The first-order chi connectivity index (χ1) is 6.10. The van der Waals surface area contributed by atoms with Crippen LogP contribution in [-0.2, 0) is 0 Å². The quantitative estimate of drug-likeness (QED) is 0.653. The second kappa shape index (κ2) is 4.24. The van der Waals surface area contributed by atoms with E-state index < -0.39 is 0 Å². The Morgan fingerprint density at radius 3 is 2.38 bits per heavy atom. The molecule has 1 saturated carbocycles. The standard InChI is InChI=1S/C9H19N3S/c1-10-8(13)11-7-9(12(2)3)5-4-6-9/h4-7H2,1-3H3,(H2,10,11,13). The van der Waals surface area contributed by atoms with Crippen LogP contribution in [0.4, 0.5) is 0 Å². The van der Waals surface area contributed by atoms with E-state index in [1.54, 1.807) is 0 Å². The maximum atomic E-state index is 5.04. The van der Waals surface area contributed by atoms with Gasteiger partial charge < -0.3 is 15.5 Å². The molecule has 1 aliphatic rings. The highest BCUT2D eigenvalue weighted by Crippen LogP contribution is 2.35. The number of thiocarbonyl (C=S) groups is 1. The summed E-state index contributed by atoms with van der Waals surface area (Å²) < 4.78 is 0. The molecule has 1 fully saturated rings. The Morgan fingerprint density at radius 2 is 2.08 bits per heavy atom. The second-order valence-electron chi connectivity index (χ2n) is 3.90. The second-order valence-corrected chi connectivity index (χ2v) is 4.31. The molecule has 2 N–H and O–H groups in total. The zero-order valence-corrected chi connectivity index (χ0v) is 9.50. The van der Waals surface area contributed by atoms with Crippen molar-refractivity contribution < 1.29 is 0 Å². The molecule has 0 aromatic rings. The Bertz CT molecular complexity index is 187. The molecule has 0 radical (unpaired) electrons. The summed E-state index contributed by atoms with van der Waals surface area (Å²) in [5.41, 5.74) is 0.348. The summed E-state index contributed by atoms with van der Waals surface area (Å²) in [6, 6.07) is 0. The van der Waals surface area contributed by atoms with Gasteiger partial charge in [0.2, 0.25) is 0 Å². The van der Waals surface area contributed by atoms with Gasteiger partial charge >= 0.3 is 0 Å². The highest BCUT2D eigenvalue weighted by Gasteiger charge is 2.38. The molecule has 0 heterocycles. The summed E-state index contributed by atoms with van der Waals surface area (Å²) >= 11 is 5.04. The number of rotatable bonds is 3. The van der Waals surface area contributed by atoms with Gasteiger partial charge in [-0.15, -0.1) is 0 Å². The van der Waals surface area contributed by atoms with Crippen LogP contribution >= 0.6 is 12.2 Å². The van der Waals surface area contributed by atoms with E-state index in [-0.39, 0.29) is 0 Å². The normalized spacial score (nSPS) is 19.4. The summed E-state index contributed by atoms with van der Waals surface area (Å²) in [7, 11) is 6.13. The predicted molar refractivity (Wildman–Crippen MR) is 59.9 cm³/mol. The molecule has 0 aromatic carbocycles. The summed E-state index contributed by atoms with van der Waals surface area (Å²) in [6.07, 6.45) is 3.89. The van der Waals surface area contributed by atoms with E-state index in [2.05, 4.69) is 29.6 Å². The molecule has 1 aliphatic carbocycles. The molecule has 4 heteroatoms. The van der Waals surface area contributed by atoms with E-state index in [1.165, 1.54) is 19.3 Å². The number of hydrogen-bond donors (Lipinski definition) is 2. The maximum Gasteiger partial charge on any atom is 0.166 e. The highest BCUT2D eigenvalue weighted by molar-refractivity contribution is 7.80. The topological polar surface area (TPSA) is 27.3 Å². The molecule has 0 aliphatic heterocycles. The maximum absolute atomic E-state index is 5.04. The molecule has 0 spiro atoms. The van der Waals surface area contributed by atoms with Crippen LogP contribution in [-0.4, -0.2) is 43.2 Å². The van der Waals surface area contributed by atoms with Crippen LogP contribution in [0.5, 0.6) is 0 Å². The van der Waals surface area contributed by atoms with Gasteiger partial charge in [0, 0.05) is 19.1 Å². The molecule has 0 aromatic heterocycles. The van der Waals surface area contributed by atoms with Crippen molar-refractivity contribution in [3.05, 3.63) is 0 Å². The van der Waals surface area contributed by atoms with Gasteiger partial charge in [-0.3, -0.25) is 0 Å². The zero-order chi connectivity index (χ0) is 9.90. The van der Waals surface area contributed by atoms with Gasteiger partial charge in [0.15, 0.2) is 5.11 Å². The minimum Gasteiger partial charge on any atom is -0.366 e. The minimum atomic E-state index is 0.348. The smallest absolute Gasteiger partial charge is 0.166 e. The van der Waals surface area contributed by atoms with Gasteiger partial charge in [-0.25, -0.2) is 0 Å². The molecule has 0 unspecified atom stereocenters. The van der Waals surface area contributed by atoms with E-state index >= 15 is 0 Å². The highest BCUT2D eigenvalue weighted by atomic mass is 32.1. The van der Waals surface area contributed by atoms with Crippen molar-refractivity contribution in [3.63, 3.8) is 0 Å². The molecule has 0 saturated heterocycles. The van der Waals surface area contributed by atoms with E-state index in [4.69, 9.17) is 12.2 Å². The summed E-state index contributed by atoms with van der Waals surface area (Å²) in [5.74, 6) is 0. The molecular formula is C9H19N3S. The Morgan fingerprint density at radius 1 is 1.46 bits per heavy atom. The lowest BCUT2D eigenvalue weighted by Gasteiger charge is -2.47. The van der Waals surface area contributed by atoms with Crippen molar-refractivity contribution in [2.24, 2.45) is 0 Å². The lowest BCUT2D eigenvalue weighted by Crippen LogP contribution is -2.57. The number of nitrogens with zero attached hydrogens (tertiary/aromatic N) is 1. The number of hydrogen-bond acceptors (Lipinski definition) is 2. The third kappa shape index (κ3) is 2.31. The first-order valence-corrected chi connectivity index (χ1v) is 5.14. The predicted octanol–water partition coefficient (Wildman–Crippen LogP) is 0.565. The van der Waals surface area contributed by atoms with Gasteiger partial charge in [0.1, 0.15) is 0 Å². The fourth-order valence-corrected chi connectivity index (χ4v) is 1.77. The van der Waals surface area contributed by atoms with E-state index in [0.717, 1.165) is 11.7 Å². The zero-order valence-electron chi connectivity index (χ0n) is 8.68. The summed E-state index contributed by atoms with van der Waals surface area (Å²) in [5, 5.41) is 6.91. The van der Waals surface area contributed by atoms with Crippen molar-refractivity contribution >= 4 is 17.3 Å². The Labute approximate surface area is 85.9 Å². The third-order valence-corrected chi connectivity index (χ3v) is 3.39. The van der Waals surface area contributed by atoms with Gasteiger partial charge in [-0.1, -0.05) is 0 Å².